The molecule has 0 bridgehead atoms. The van der Waals surface area contributed by atoms with Crippen LogP contribution < -0.4 is 11.0 Å². The average molecular weight is 446 g/mol. The molecule has 31 heavy (non-hydrogen) atoms. The van der Waals surface area contributed by atoms with Crippen LogP contribution in [0.25, 0.3) is 0 Å². The predicted molar refractivity (Wildman–Crippen MR) is 119 cm³/mol. The maximum absolute atomic E-state index is 14.5. The summed E-state index contributed by atoms with van der Waals surface area (Å²) in [5.74, 6) is -0.889. The molecule has 0 aliphatic carbocycles. The molecule has 2 atom stereocenters. The average Bonchev–Trinajstić information content (AvgIpc) is 3.07. The lowest BCUT2D eigenvalue weighted by Gasteiger charge is -2.36. The Morgan fingerprint density at radius 3 is 2.55 bits per heavy atom. The topological polar surface area (TPSA) is 82.5 Å². The number of benzene rings is 1. The van der Waals surface area contributed by atoms with Crippen LogP contribution >= 0.6 is 0 Å². The van der Waals surface area contributed by atoms with Crippen LogP contribution in [0.1, 0.15) is 37.4 Å². The number of carbonyl (C=O) groups is 1. The van der Waals surface area contributed by atoms with Gasteiger partial charge in [0, 0.05) is 11.8 Å². The summed E-state index contributed by atoms with van der Waals surface area (Å²) in [6.45, 7) is 10.8. The van der Waals surface area contributed by atoms with E-state index in [0.717, 1.165) is 4.57 Å². The highest BCUT2D eigenvalue weighted by Gasteiger charge is 2.39. The maximum Gasteiger partial charge on any atom is 0.351 e. The van der Waals surface area contributed by atoms with Gasteiger partial charge in [0.1, 0.15) is 17.7 Å². The van der Waals surface area contributed by atoms with Crippen LogP contribution in [0.15, 0.2) is 59.3 Å². The Balaban J connectivity index is 1.66. The molecular formula is C22H28FN3O4Si. The minimum absolute atomic E-state index is 0.0220. The lowest BCUT2D eigenvalue weighted by Crippen LogP contribution is -2.42. The number of nitrogens with one attached hydrogen (secondary N) is 1. The molecule has 0 spiro atoms. The normalized spacial score (nSPS) is 19.2. The third-order valence-electron chi connectivity index (χ3n) is 5.66. The summed E-state index contributed by atoms with van der Waals surface area (Å²) in [6.07, 6.45) is 0.885. The fourth-order valence-electron chi connectivity index (χ4n) is 2.76. The van der Waals surface area contributed by atoms with Crippen molar-refractivity contribution in [1.82, 2.24) is 9.55 Å². The standard InChI is InChI=1S/C22H28FN3O4Si/c1-22(2,3)31(4,5)29-14-16-13-17(23)20(30-16)26-12-11-18(25-21(26)28)24-19(27)15-9-7-6-8-10-15/h6-13,16,20H,14H2,1-5H3,(H,24,25,27,28)/t16-,20+/m1/s1. The van der Waals surface area contributed by atoms with Crippen LogP contribution in [0.4, 0.5) is 10.2 Å². The minimum atomic E-state index is -2.01. The molecule has 0 unspecified atom stereocenters. The molecule has 166 valence electrons. The van der Waals surface area contributed by atoms with Crippen LogP contribution in [-0.2, 0) is 9.16 Å². The molecule has 1 aromatic carbocycles. The Kier molecular flexibility index (Phi) is 6.58. The Morgan fingerprint density at radius 1 is 1.26 bits per heavy atom. The van der Waals surface area contributed by atoms with Crippen molar-refractivity contribution in [3.05, 3.63) is 70.5 Å². The van der Waals surface area contributed by atoms with E-state index >= 15 is 0 Å². The van der Waals surface area contributed by atoms with E-state index in [0.29, 0.717) is 5.56 Å². The molecule has 1 N–H and O–H groups in total. The molecule has 2 heterocycles. The lowest BCUT2D eigenvalue weighted by molar-refractivity contribution is -0.0191. The summed E-state index contributed by atoms with van der Waals surface area (Å²) in [6, 6.07) is 9.99. The predicted octanol–water partition coefficient (Wildman–Crippen LogP) is 4.27. The quantitative estimate of drug-likeness (QED) is 0.672. The monoisotopic (exact) mass is 445 g/mol. The first-order valence-electron chi connectivity index (χ1n) is 10.1. The van der Waals surface area contributed by atoms with Gasteiger partial charge in [-0.05, 0) is 42.4 Å². The molecule has 0 saturated carbocycles. The molecule has 0 saturated heterocycles. The first-order chi connectivity index (χ1) is 14.5. The van der Waals surface area contributed by atoms with E-state index in [1.165, 1.54) is 18.3 Å². The number of ether oxygens (including phenoxy) is 1. The molecule has 0 radical (unpaired) electrons. The van der Waals surface area contributed by atoms with E-state index in [9.17, 15) is 14.0 Å². The molecule has 1 aliphatic rings. The van der Waals surface area contributed by atoms with Crippen LogP contribution in [0.5, 0.6) is 0 Å². The number of carbonyl (C=O) groups excluding carboxylic acids is 1. The Labute approximate surface area is 182 Å². The molecular weight excluding hydrogens is 417 g/mol. The zero-order chi connectivity index (χ0) is 22.8. The molecule has 9 heteroatoms. The smallest absolute Gasteiger partial charge is 0.351 e. The highest BCUT2D eigenvalue weighted by molar-refractivity contribution is 6.74. The fraction of sp³-hybridized carbons (Fsp3) is 0.409. The lowest BCUT2D eigenvalue weighted by atomic mass is 10.2. The number of aromatic nitrogens is 2. The number of amides is 1. The Bertz CT molecular complexity index is 1030. The van der Waals surface area contributed by atoms with E-state index in [2.05, 4.69) is 44.2 Å². The highest BCUT2D eigenvalue weighted by Crippen LogP contribution is 2.37. The van der Waals surface area contributed by atoms with Gasteiger partial charge in [-0.25, -0.2) is 9.18 Å². The molecule has 1 amide bonds. The second-order valence-electron chi connectivity index (χ2n) is 8.97. The molecule has 2 aromatic rings. The second-order valence-corrected chi connectivity index (χ2v) is 13.8. The van der Waals surface area contributed by atoms with Gasteiger partial charge in [-0.3, -0.25) is 9.36 Å². The number of hydrogen-bond donors (Lipinski definition) is 1. The van der Waals surface area contributed by atoms with Gasteiger partial charge in [0.25, 0.3) is 5.91 Å². The maximum atomic E-state index is 14.5. The fourth-order valence-corrected chi connectivity index (χ4v) is 3.78. The van der Waals surface area contributed by atoms with Gasteiger partial charge in [-0.15, -0.1) is 0 Å². The molecule has 0 fully saturated rings. The molecule has 1 aliphatic heterocycles. The largest absolute Gasteiger partial charge is 0.414 e. The summed E-state index contributed by atoms with van der Waals surface area (Å²) >= 11 is 0. The third kappa shape index (κ3) is 5.36. The van der Waals surface area contributed by atoms with Crippen molar-refractivity contribution in [3.8, 4) is 0 Å². The second kappa shape index (κ2) is 8.86. The van der Waals surface area contributed by atoms with Gasteiger partial charge in [0.05, 0.1) is 6.61 Å². The third-order valence-corrected chi connectivity index (χ3v) is 10.2. The van der Waals surface area contributed by atoms with Crippen LogP contribution in [0.3, 0.4) is 0 Å². The molecule has 7 nitrogen and oxygen atoms in total. The van der Waals surface area contributed by atoms with Gasteiger partial charge in [-0.2, -0.15) is 4.98 Å². The first kappa shape index (κ1) is 23.0. The number of nitrogens with zero attached hydrogens (tertiary/aromatic N) is 2. The minimum Gasteiger partial charge on any atom is -0.414 e. The van der Waals surface area contributed by atoms with Crippen molar-refractivity contribution in [3.63, 3.8) is 0 Å². The van der Waals surface area contributed by atoms with Crippen LogP contribution in [0, 0.1) is 0 Å². The Hall–Kier alpha value is -2.62. The summed E-state index contributed by atoms with van der Waals surface area (Å²) in [4.78, 5) is 28.5. The van der Waals surface area contributed by atoms with E-state index in [1.54, 1.807) is 30.3 Å². The van der Waals surface area contributed by atoms with Crippen molar-refractivity contribution in [2.45, 2.75) is 51.2 Å². The van der Waals surface area contributed by atoms with E-state index < -0.39 is 38.1 Å². The molecule has 1 aromatic heterocycles. The van der Waals surface area contributed by atoms with Gasteiger partial charge >= 0.3 is 5.69 Å². The molecule has 3 rings (SSSR count). The van der Waals surface area contributed by atoms with Crippen molar-refractivity contribution < 1.29 is 18.3 Å². The first-order valence-corrected chi connectivity index (χ1v) is 13.0. The van der Waals surface area contributed by atoms with Crippen molar-refractivity contribution in [2.24, 2.45) is 0 Å². The zero-order valence-corrected chi connectivity index (χ0v) is 19.4. The van der Waals surface area contributed by atoms with Crippen LogP contribution in [-0.4, -0.2) is 36.5 Å². The van der Waals surface area contributed by atoms with Crippen LogP contribution in [0.2, 0.25) is 18.1 Å². The SMILES string of the molecule is CC(C)(C)[Si](C)(C)OC[C@H]1C=C(F)[C@@H](n2ccc(NC(=O)c3ccccc3)nc2=O)O1. The highest BCUT2D eigenvalue weighted by atomic mass is 28.4. The van der Waals surface area contributed by atoms with Gasteiger partial charge in [0.2, 0.25) is 0 Å². The van der Waals surface area contributed by atoms with Gasteiger partial charge in [0.15, 0.2) is 14.5 Å². The van der Waals surface area contributed by atoms with Crippen molar-refractivity contribution in [1.29, 1.82) is 0 Å². The van der Waals surface area contributed by atoms with E-state index in [-0.39, 0.29) is 17.5 Å². The summed E-state index contributed by atoms with van der Waals surface area (Å²) < 4.78 is 27.4. The number of hydrogen-bond acceptors (Lipinski definition) is 5. The van der Waals surface area contributed by atoms with E-state index in [1.807, 2.05) is 0 Å². The van der Waals surface area contributed by atoms with Crippen molar-refractivity contribution >= 4 is 20.0 Å². The summed E-state index contributed by atoms with van der Waals surface area (Å²) in [5.41, 5.74) is -0.295. The summed E-state index contributed by atoms with van der Waals surface area (Å²) in [5, 5.41) is 2.58. The number of anilines is 1. The van der Waals surface area contributed by atoms with Gasteiger partial charge in [-0.1, -0.05) is 39.0 Å². The summed E-state index contributed by atoms with van der Waals surface area (Å²) in [7, 11) is -2.01. The van der Waals surface area contributed by atoms with E-state index in [4.69, 9.17) is 9.16 Å². The Morgan fingerprint density at radius 2 is 1.94 bits per heavy atom. The number of halogens is 1. The zero-order valence-electron chi connectivity index (χ0n) is 18.4. The van der Waals surface area contributed by atoms with Crippen molar-refractivity contribution in [2.75, 3.05) is 11.9 Å². The van der Waals surface area contributed by atoms with Gasteiger partial charge < -0.3 is 14.5 Å². The number of rotatable bonds is 6.